The summed E-state index contributed by atoms with van der Waals surface area (Å²) in [5.41, 5.74) is 1.33. The van der Waals surface area contributed by atoms with E-state index in [9.17, 15) is 14.4 Å². The van der Waals surface area contributed by atoms with Gasteiger partial charge in [0.05, 0.1) is 26.9 Å². The highest BCUT2D eigenvalue weighted by atomic mass is 16.5. The first-order valence-electron chi connectivity index (χ1n) is 10.8. The molecule has 1 aromatic carbocycles. The van der Waals surface area contributed by atoms with E-state index in [0.717, 1.165) is 24.4 Å². The third kappa shape index (κ3) is 3.42. The molecule has 2 saturated heterocycles. The molecular weight excluding hydrogens is 412 g/mol. The van der Waals surface area contributed by atoms with Gasteiger partial charge in [-0.2, -0.15) is 0 Å². The fourth-order valence-electron chi connectivity index (χ4n) is 4.92. The Labute approximate surface area is 186 Å². The molecule has 1 aliphatic carbocycles. The number of rotatable bonds is 5. The molecule has 0 spiro atoms. The maximum Gasteiger partial charge on any atom is 0.322 e. The molecule has 0 saturated carbocycles. The lowest BCUT2D eigenvalue weighted by atomic mass is 9.78. The largest absolute Gasteiger partial charge is 0.497 e. The Bertz CT molecular complexity index is 1030. The van der Waals surface area contributed by atoms with Gasteiger partial charge in [-0.25, -0.2) is 4.79 Å². The summed E-state index contributed by atoms with van der Waals surface area (Å²) in [5.74, 6) is -0.236. The van der Waals surface area contributed by atoms with Crippen LogP contribution < -0.4 is 15.4 Å². The Kier molecular flexibility index (Phi) is 5.13. The van der Waals surface area contributed by atoms with Gasteiger partial charge in [-0.3, -0.25) is 14.9 Å². The van der Waals surface area contributed by atoms with Crippen molar-refractivity contribution in [3.8, 4) is 5.75 Å². The number of imide groups is 1. The van der Waals surface area contributed by atoms with E-state index in [1.54, 1.807) is 18.1 Å². The molecule has 168 valence electrons. The van der Waals surface area contributed by atoms with E-state index in [4.69, 9.17) is 9.47 Å². The number of morpholine rings is 1. The Morgan fingerprint density at radius 2 is 2.03 bits per heavy atom. The van der Waals surface area contributed by atoms with E-state index in [0.29, 0.717) is 37.5 Å². The van der Waals surface area contributed by atoms with E-state index >= 15 is 0 Å². The molecule has 4 aliphatic rings. The monoisotopic (exact) mass is 438 g/mol. The fourth-order valence-corrected chi connectivity index (χ4v) is 4.92. The summed E-state index contributed by atoms with van der Waals surface area (Å²) in [7, 11) is 1.56. The van der Waals surface area contributed by atoms with Crippen LogP contribution in [0.3, 0.4) is 0 Å². The number of ether oxygens (including phenoxy) is 2. The molecule has 2 atom stereocenters. The van der Waals surface area contributed by atoms with Crippen LogP contribution in [-0.4, -0.2) is 73.1 Å². The SMILES string of the molecule is COc1ccc2c(c1)C(=O)N(C[C@@]1(C3C=CC(N4CCOCC4)=CC3)NC(=O)NC1=O)C2. The molecule has 3 heterocycles. The number of hydrogen-bond acceptors (Lipinski definition) is 6. The van der Waals surface area contributed by atoms with Crippen LogP contribution in [0, 0.1) is 5.92 Å². The van der Waals surface area contributed by atoms with Crippen molar-refractivity contribution in [2.75, 3.05) is 40.0 Å². The van der Waals surface area contributed by atoms with Gasteiger partial charge in [0.2, 0.25) is 0 Å². The lowest BCUT2D eigenvalue weighted by Gasteiger charge is -2.38. The van der Waals surface area contributed by atoms with Crippen molar-refractivity contribution < 1.29 is 23.9 Å². The van der Waals surface area contributed by atoms with Crippen LogP contribution in [0.2, 0.25) is 0 Å². The first-order chi connectivity index (χ1) is 15.5. The highest BCUT2D eigenvalue weighted by molar-refractivity contribution is 6.08. The van der Waals surface area contributed by atoms with Crippen LogP contribution in [-0.2, 0) is 16.1 Å². The molecular formula is C23H26N4O5. The Morgan fingerprint density at radius 1 is 1.22 bits per heavy atom. The number of fused-ring (bicyclic) bond motifs is 1. The van der Waals surface area contributed by atoms with E-state index in [-0.39, 0.29) is 18.4 Å². The summed E-state index contributed by atoms with van der Waals surface area (Å²) in [6, 6.07) is 4.87. The molecule has 2 fully saturated rings. The minimum absolute atomic E-state index is 0.0934. The van der Waals surface area contributed by atoms with Gasteiger partial charge >= 0.3 is 6.03 Å². The van der Waals surface area contributed by atoms with Crippen LogP contribution >= 0.6 is 0 Å². The van der Waals surface area contributed by atoms with Crippen molar-refractivity contribution in [3.05, 3.63) is 53.3 Å². The predicted octanol–water partition coefficient (Wildman–Crippen LogP) is 1.02. The summed E-state index contributed by atoms with van der Waals surface area (Å²) in [5, 5.41) is 5.23. The van der Waals surface area contributed by atoms with Crippen molar-refractivity contribution in [1.29, 1.82) is 0 Å². The van der Waals surface area contributed by atoms with Crippen LogP contribution in [0.15, 0.2) is 42.1 Å². The molecule has 2 N–H and O–H groups in total. The van der Waals surface area contributed by atoms with E-state index < -0.39 is 17.5 Å². The lowest BCUT2D eigenvalue weighted by molar-refractivity contribution is -0.125. The standard InChI is InChI=1S/C23H26N4O5/c1-31-18-7-2-15-13-27(20(28)19(15)12-18)14-23(21(29)24-22(30)25-23)16-3-5-17(6-4-16)26-8-10-32-11-9-26/h2-3,5-7,12,16H,4,8-11,13-14H2,1H3,(H2,24,25,29,30)/t16?,23-/m0/s1. The van der Waals surface area contributed by atoms with Gasteiger partial charge in [0.1, 0.15) is 11.3 Å². The first kappa shape index (κ1) is 20.6. The molecule has 9 nitrogen and oxygen atoms in total. The summed E-state index contributed by atoms with van der Waals surface area (Å²) >= 11 is 0. The molecule has 1 aromatic rings. The molecule has 0 bridgehead atoms. The third-order valence-corrected chi connectivity index (χ3v) is 6.69. The number of carbonyl (C=O) groups is 3. The molecule has 5 rings (SSSR count). The normalized spacial score (nSPS) is 27.2. The predicted molar refractivity (Wildman–Crippen MR) is 115 cm³/mol. The summed E-state index contributed by atoms with van der Waals surface area (Å²) < 4.78 is 10.7. The summed E-state index contributed by atoms with van der Waals surface area (Å²) in [6.45, 7) is 3.52. The van der Waals surface area contributed by atoms with Gasteiger partial charge in [0, 0.05) is 36.8 Å². The lowest BCUT2D eigenvalue weighted by Crippen LogP contribution is -2.60. The number of nitrogens with one attached hydrogen (secondary N) is 2. The maximum atomic E-state index is 13.1. The zero-order valence-electron chi connectivity index (χ0n) is 17.9. The zero-order chi connectivity index (χ0) is 22.3. The highest BCUT2D eigenvalue weighted by Crippen LogP contribution is 2.35. The van der Waals surface area contributed by atoms with Crippen LogP contribution in [0.5, 0.6) is 5.75 Å². The third-order valence-electron chi connectivity index (χ3n) is 6.69. The molecule has 0 aromatic heterocycles. The molecule has 3 aliphatic heterocycles. The zero-order valence-corrected chi connectivity index (χ0v) is 17.9. The average Bonchev–Trinajstić information content (AvgIpc) is 3.29. The molecule has 0 radical (unpaired) electrons. The van der Waals surface area contributed by atoms with E-state index in [2.05, 4.69) is 21.6 Å². The van der Waals surface area contributed by atoms with Crippen molar-refractivity contribution >= 4 is 17.8 Å². The Hall–Kier alpha value is -3.33. The summed E-state index contributed by atoms with van der Waals surface area (Å²) in [4.78, 5) is 42.2. The molecule has 4 amide bonds. The number of benzene rings is 1. The molecule has 9 heteroatoms. The topological polar surface area (TPSA) is 100 Å². The van der Waals surface area contributed by atoms with Crippen LogP contribution in [0.4, 0.5) is 4.79 Å². The number of amides is 4. The van der Waals surface area contributed by atoms with Crippen molar-refractivity contribution in [2.24, 2.45) is 5.92 Å². The van der Waals surface area contributed by atoms with E-state index in [1.807, 2.05) is 24.3 Å². The fraction of sp³-hybridized carbons (Fsp3) is 0.435. The molecule has 1 unspecified atom stereocenters. The number of carbonyl (C=O) groups excluding carboxylic acids is 3. The van der Waals surface area contributed by atoms with Crippen LogP contribution in [0.25, 0.3) is 0 Å². The summed E-state index contributed by atoms with van der Waals surface area (Å²) in [6.07, 6.45) is 6.66. The average molecular weight is 438 g/mol. The number of methoxy groups -OCH3 is 1. The van der Waals surface area contributed by atoms with Gasteiger partial charge in [0.25, 0.3) is 11.8 Å². The second kappa shape index (κ2) is 7.98. The Balaban J connectivity index is 1.38. The van der Waals surface area contributed by atoms with E-state index in [1.165, 1.54) is 0 Å². The maximum absolute atomic E-state index is 13.1. The van der Waals surface area contributed by atoms with Crippen molar-refractivity contribution in [3.63, 3.8) is 0 Å². The number of allylic oxidation sites excluding steroid dienone is 2. The van der Waals surface area contributed by atoms with Crippen molar-refractivity contribution in [1.82, 2.24) is 20.4 Å². The smallest absolute Gasteiger partial charge is 0.322 e. The van der Waals surface area contributed by atoms with Gasteiger partial charge in [0.15, 0.2) is 0 Å². The minimum Gasteiger partial charge on any atom is -0.497 e. The molecule has 32 heavy (non-hydrogen) atoms. The van der Waals surface area contributed by atoms with Gasteiger partial charge in [-0.05, 0) is 30.2 Å². The first-order valence-corrected chi connectivity index (χ1v) is 10.8. The second-order valence-electron chi connectivity index (χ2n) is 8.49. The second-order valence-corrected chi connectivity index (χ2v) is 8.49. The Morgan fingerprint density at radius 3 is 2.69 bits per heavy atom. The number of hydrogen-bond donors (Lipinski definition) is 2. The minimum atomic E-state index is -1.22. The van der Waals surface area contributed by atoms with Gasteiger partial charge < -0.3 is 24.6 Å². The van der Waals surface area contributed by atoms with Gasteiger partial charge in [-0.15, -0.1) is 0 Å². The highest BCUT2D eigenvalue weighted by Gasteiger charge is 2.53. The number of urea groups is 1. The quantitative estimate of drug-likeness (QED) is 0.666. The van der Waals surface area contributed by atoms with Gasteiger partial charge in [-0.1, -0.05) is 18.2 Å². The number of nitrogens with zero attached hydrogens (tertiary/aromatic N) is 2. The van der Waals surface area contributed by atoms with Crippen LogP contribution in [0.1, 0.15) is 22.3 Å². The van der Waals surface area contributed by atoms with Crippen molar-refractivity contribution in [2.45, 2.75) is 18.5 Å².